The van der Waals surface area contributed by atoms with E-state index >= 15 is 0 Å². The van der Waals surface area contributed by atoms with Gasteiger partial charge in [-0.2, -0.15) is 0 Å². The van der Waals surface area contributed by atoms with Crippen molar-refractivity contribution in [1.82, 2.24) is 0 Å². The summed E-state index contributed by atoms with van der Waals surface area (Å²) in [5, 5.41) is 5.87. The van der Waals surface area contributed by atoms with Gasteiger partial charge >= 0.3 is 0 Å². The maximum atomic E-state index is 13.6. The van der Waals surface area contributed by atoms with Crippen LogP contribution in [0.3, 0.4) is 0 Å². The number of aryl methyl sites for hydroxylation is 3. The van der Waals surface area contributed by atoms with Gasteiger partial charge in [0.05, 0.1) is 11.3 Å². The molecule has 3 amide bonds. The van der Waals surface area contributed by atoms with E-state index < -0.39 is 5.91 Å². The molecule has 3 aromatic rings. The summed E-state index contributed by atoms with van der Waals surface area (Å²) in [5.41, 5.74) is 6.10. The van der Waals surface area contributed by atoms with Crippen molar-refractivity contribution in [2.45, 2.75) is 27.7 Å². The first-order valence-electron chi connectivity index (χ1n) is 10.7. The highest BCUT2D eigenvalue weighted by molar-refractivity contribution is 6.46. The summed E-state index contributed by atoms with van der Waals surface area (Å²) < 4.78 is 0. The molecular formula is C27H25N3O3. The van der Waals surface area contributed by atoms with Crippen molar-refractivity contribution in [2.24, 2.45) is 0 Å². The van der Waals surface area contributed by atoms with E-state index in [-0.39, 0.29) is 17.5 Å². The van der Waals surface area contributed by atoms with Crippen molar-refractivity contribution in [3.63, 3.8) is 0 Å². The molecule has 1 aliphatic rings. The molecule has 3 aromatic carbocycles. The lowest BCUT2D eigenvalue weighted by atomic mass is 9.97. The topological polar surface area (TPSA) is 78.5 Å². The third-order valence-electron chi connectivity index (χ3n) is 5.50. The van der Waals surface area contributed by atoms with E-state index in [9.17, 15) is 14.4 Å². The predicted octanol–water partition coefficient (Wildman–Crippen LogP) is 4.97. The number of hydrogen-bond donors (Lipinski definition) is 2. The summed E-state index contributed by atoms with van der Waals surface area (Å²) in [6.45, 7) is 7.31. The van der Waals surface area contributed by atoms with Crippen LogP contribution in [-0.2, 0) is 14.4 Å². The van der Waals surface area contributed by atoms with Crippen LogP contribution in [0, 0.1) is 20.8 Å². The lowest BCUT2D eigenvalue weighted by molar-refractivity contribution is -0.120. The first kappa shape index (κ1) is 22.0. The van der Waals surface area contributed by atoms with Gasteiger partial charge in [-0.05, 0) is 68.3 Å². The summed E-state index contributed by atoms with van der Waals surface area (Å²) in [5.74, 6) is -0.946. The molecule has 166 valence electrons. The SMILES string of the molecule is CC(=O)Nc1ccc(NC2=C(c3ccc(C)cc3C)C(=O)N(c3ccc(C)cc3)C2=O)cc1. The van der Waals surface area contributed by atoms with Crippen molar-refractivity contribution in [2.75, 3.05) is 15.5 Å². The minimum atomic E-state index is -0.412. The Labute approximate surface area is 192 Å². The van der Waals surface area contributed by atoms with Crippen LogP contribution in [0.5, 0.6) is 0 Å². The lowest BCUT2D eigenvalue weighted by Gasteiger charge is -2.16. The van der Waals surface area contributed by atoms with Gasteiger partial charge in [0, 0.05) is 18.3 Å². The van der Waals surface area contributed by atoms with Gasteiger partial charge in [0.25, 0.3) is 11.8 Å². The Bertz CT molecular complexity index is 1290. The van der Waals surface area contributed by atoms with Crippen LogP contribution in [0.15, 0.2) is 72.4 Å². The van der Waals surface area contributed by atoms with Crippen LogP contribution in [0.2, 0.25) is 0 Å². The minimum Gasteiger partial charge on any atom is -0.350 e. The summed E-state index contributed by atoms with van der Waals surface area (Å²) in [6.07, 6.45) is 0. The Hall–Kier alpha value is -4.19. The van der Waals surface area contributed by atoms with Gasteiger partial charge in [-0.3, -0.25) is 14.4 Å². The second-order valence-corrected chi connectivity index (χ2v) is 8.23. The van der Waals surface area contributed by atoms with E-state index in [2.05, 4.69) is 10.6 Å². The molecule has 33 heavy (non-hydrogen) atoms. The van der Waals surface area contributed by atoms with Crippen molar-refractivity contribution in [3.8, 4) is 0 Å². The fourth-order valence-electron chi connectivity index (χ4n) is 3.90. The second-order valence-electron chi connectivity index (χ2n) is 8.23. The van der Waals surface area contributed by atoms with Gasteiger partial charge in [-0.25, -0.2) is 4.90 Å². The number of nitrogens with one attached hydrogen (secondary N) is 2. The average Bonchev–Trinajstić information content (AvgIpc) is 3.00. The Morgan fingerprint density at radius 2 is 1.36 bits per heavy atom. The fourth-order valence-corrected chi connectivity index (χ4v) is 3.90. The van der Waals surface area contributed by atoms with E-state index in [1.54, 1.807) is 36.4 Å². The highest BCUT2D eigenvalue weighted by Crippen LogP contribution is 2.35. The number of carbonyl (C=O) groups is 3. The third kappa shape index (κ3) is 4.41. The number of rotatable bonds is 5. The molecule has 0 unspecified atom stereocenters. The fraction of sp³-hybridized carbons (Fsp3) is 0.148. The van der Waals surface area contributed by atoms with Crippen LogP contribution in [0.25, 0.3) is 5.57 Å². The Kier molecular flexibility index (Phi) is 5.84. The molecule has 0 atom stereocenters. The van der Waals surface area contributed by atoms with E-state index in [1.807, 2.05) is 51.1 Å². The molecule has 1 heterocycles. The van der Waals surface area contributed by atoms with E-state index in [0.717, 1.165) is 16.7 Å². The molecule has 0 fully saturated rings. The first-order valence-corrected chi connectivity index (χ1v) is 10.7. The largest absolute Gasteiger partial charge is 0.350 e. The van der Waals surface area contributed by atoms with E-state index in [4.69, 9.17) is 0 Å². The molecule has 6 heteroatoms. The molecule has 0 bridgehead atoms. The number of anilines is 3. The summed E-state index contributed by atoms with van der Waals surface area (Å²) in [6, 6.07) is 20.1. The number of amides is 3. The van der Waals surface area contributed by atoms with Crippen LogP contribution in [0.4, 0.5) is 17.1 Å². The highest BCUT2D eigenvalue weighted by atomic mass is 16.2. The van der Waals surface area contributed by atoms with E-state index in [0.29, 0.717) is 28.2 Å². The summed E-state index contributed by atoms with van der Waals surface area (Å²) in [4.78, 5) is 39.6. The number of benzene rings is 3. The quantitative estimate of drug-likeness (QED) is 0.551. The molecule has 0 aromatic heterocycles. The van der Waals surface area contributed by atoms with Crippen molar-refractivity contribution < 1.29 is 14.4 Å². The predicted molar refractivity (Wildman–Crippen MR) is 131 cm³/mol. The average molecular weight is 440 g/mol. The number of nitrogens with zero attached hydrogens (tertiary/aromatic N) is 1. The highest BCUT2D eigenvalue weighted by Gasteiger charge is 2.40. The molecule has 0 aliphatic carbocycles. The molecule has 0 radical (unpaired) electrons. The van der Waals surface area contributed by atoms with Gasteiger partial charge < -0.3 is 10.6 Å². The molecule has 0 spiro atoms. The smallest absolute Gasteiger partial charge is 0.282 e. The van der Waals surface area contributed by atoms with Crippen molar-refractivity contribution in [1.29, 1.82) is 0 Å². The zero-order chi connectivity index (χ0) is 23.7. The van der Waals surface area contributed by atoms with Crippen molar-refractivity contribution in [3.05, 3.63) is 94.7 Å². The van der Waals surface area contributed by atoms with Gasteiger partial charge in [0.15, 0.2) is 0 Å². The van der Waals surface area contributed by atoms with Gasteiger partial charge in [0.2, 0.25) is 5.91 Å². The zero-order valence-corrected chi connectivity index (χ0v) is 19.0. The molecule has 4 rings (SSSR count). The lowest BCUT2D eigenvalue weighted by Crippen LogP contribution is -2.32. The Morgan fingerprint density at radius 3 is 1.97 bits per heavy atom. The van der Waals surface area contributed by atoms with Crippen LogP contribution < -0.4 is 15.5 Å². The third-order valence-corrected chi connectivity index (χ3v) is 5.50. The maximum Gasteiger partial charge on any atom is 0.282 e. The first-order chi connectivity index (χ1) is 15.7. The number of carbonyl (C=O) groups excluding carboxylic acids is 3. The Balaban J connectivity index is 1.78. The van der Waals surface area contributed by atoms with Crippen LogP contribution >= 0.6 is 0 Å². The molecule has 2 N–H and O–H groups in total. The monoisotopic (exact) mass is 439 g/mol. The molecule has 0 saturated carbocycles. The van der Waals surface area contributed by atoms with Gasteiger partial charge in [0.1, 0.15) is 5.70 Å². The van der Waals surface area contributed by atoms with Gasteiger partial charge in [-0.1, -0.05) is 41.5 Å². The standard InChI is InChI=1S/C27H25N3O3/c1-16-5-12-22(13-6-16)30-26(32)24(23-14-7-17(2)15-18(23)3)25(27(30)33)29-21-10-8-20(9-11-21)28-19(4)31/h5-15,29H,1-4H3,(H,28,31). The molecule has 1 aliphatic heterocycles. The summed E-state index contributed by atoms with van der Waals surface area (Å²) >= 11 is 0. The van der Waals surface area contributed by atoms with E-state index in [1.165, 1.54) is 11.8 Å². The van der Waals surface area contributed by atoms with Crippen molar-refractivity contribution >= 4 is 40.4 Å². The molecule has 0 saturated heterocycles. The van der Waals surface area contributed by atoms with Crippen LogP contribution in [0.1, 0.15) is 29.2 Å². The van der Waals surface area contributed by atoms with Crippen LogP contribution in [-0.4, -0.2) is 17.7 Å². The maximum absolute atomic E-state index is 13.6. The molecule has 6 nitrogen and oxygen atoms in total. The molecular weight excluding hydrogens is 414 g/mol. The number of imide groups is 1. The second kappa shape index (κ2) is 8.74. The van der Waals surface area contributed by atoms with Gasteiger partial charge in [-0.15, -0.1) is 0 Å². The Morgan fingerprint density at radius 1 is 0.758 bits per heavy atom. The minimum absolute atomic E-state index is 0.166. The number of hydrogen-bond acceptors (Lipinski definition) is 4. The summed E-state index contributed by atoms with van der Waals surface area (Å²) in [7, 11) is 0. The zero-order valence-electron chi connectivity index (χ0n) is 19.0. The normalized spacial score (nSPS) is 13.5.